The van der Waals surface area contributed by atoms with Crippen molar-refractivity contribution >= 4 is 6.29 Å². The Bertz CT molecular complexity index is 398. The second-order valence-electron chi connectivity index (χ2n) is 3.24. The molecular weight excluding hydrogens is 250 g/mol. The summed E-state index contributed by atoms with van der Waals surface area (Å²) < 4.78 is 75.2. The molecule has 1 nitrogen and oxygen atoms in total. The van der Waals surface area contributed by atoms with Crippen LogP contribution in [0.3, 0.4) is 0 Å². The molecule has 0 radical (unpaired) electrons. The average Bonchev–Trinajstić information content (AvgIpc) is 2.28. The van der Waals surface area contributed by atoms with Crippen molar-refractivity contribution in [2.45, 2.75) is 18.3 Å². The summed E-state index contributed by atoms with van der Waals surface area (Å²) in [6, 6.07) is 2.72. The fourth-order valence-electron chi connectivity index (χ4n) is 1.10. The van der Waals surface area contributed by atoms with Gasteiger partial charge in [-0.3, -0.25) is 4.79 Å². The molecule has 1 rings (SSSR count). The molecule has 17 heavy (non-hydrogen) atoms. The molecule has 0 aromatic heterocycles. The molecule has 1 aromatic carbocycles. The lowest BCUT2D eigenvalue weighted by atomic mass is 10.0. The zero-order valence-corrected chi connectivity index (χ0v) is 8.14. The normalized spacial score (nSPS) is 12.9. The van der Waals surface area contributed by atoms with Gasteiger partial charge in [0.1, 0.15) is 6.29 Å². The second-order valence-corrected chi connectivity index (χ2v) is 3.24. The standard InChI is InChI=1S/C10H6F6O/c11-8(12)10(15,16)9(13,14)7-3-1-6(5-17)2-4-7/h1-5,8H. The van der Waals surface area contributed by atoms with Crippen molar-refractivity contribution in [1.29, 1.82) is 0 Å². The number of hydrogen-bond acceptors (Lipinski definition) is 1. The SMILES string of the molecule is O=Cc1ccc(C(F)(F)C(F)(F)C(F)F)cc1. The van der Waals surface area contributed by atoms with Gasteiger partial charge in [-0.25, -0.2) is 8.78 Å². The minimum absolute atomic E-state index is 0.0232. The Morgan fingerprint density at radius 1 is 1.00 bits per heavy atom. The molecule has 0 atom stereocenters. The molecule has 0 heterocycles. The van der Waals surface area contributed by atoms with E-state index in [0.717, 1.165) is 12.1 Å². The first-order valence-electron chi connectivity index (χ1n) is 4.33. The summed E-state index contributed by atoms with van der Waals surface area (Å²) >= 11 is 0. The van der Waals surface area contributed by atoms with Crippen LogP contribution in [0.15, 0.2) is 24.3 Å². The number of benzene rings is 1. The highest BCUT2D eigenvalue weighted by Crippen LogP contribution is 2.46. The van der Waals surface area contributed by atoms with E-state index in [1.807, 2.05) is 0 Å². The van der Waals surface area contributed by atoms with Crippen LogP contribution in [0.4, 0.5) is 26.3 Å². The number of carbonyl (C=O) groups excluding carboxylic acids is 1. The van der Waals surface area contributed by atoms with Crippen LogP contribution in [0.25, 0.3) is 0 Å². The number of carbonyl (C=O) groups is 1. The van der Waals surface area contributed by atoms with E-state index in [-0.39, 0.29) is 5.56 Å². The first-order valence-corrected chi connectivity index (χ1v) is 4.33. The fraction of sp³-hybridized carbons (Fsp3) is 0.300. The lowest BCUT2D eigenvalue weighted by Crippen LogP contribution is -2.44. The third kappa shape index (κ3) is 2.27. The molecule has 1 aromatic rings. The molecule has 0 aliphatic heterocycles. The van der Waals surface area contributed by atoms with Gasteiger partial charge in [0.15, 0.2) is 0 Å². The molecule has 0 aliphatic carbocycles. The summed E-state index contributed by atoms with van der Waals surface area (Å²) in [5.41, 5.74) is -1.29. The van der Waals surface area contributed by atoms with Crippen molar-refractivity contribution in [3.05, 3.63) is 35.4 Å². The van der Waals surface area contributed by atoms with E-state index in [1.54, 1.807) is 0 Å². The summed E-state index contributed by atoms with van der Waals surface area (Å²) in [7, 11) is 0. The monoisotopic (exact) mass is 256 g/mol. The minimum Gasteiger partial charge on any atom is -0.298 e. The Hall–Kier alpha value is -1.53. The fourth-order valence-corrected chi connectivity index (χ4v) is 1.10. The van der Waals surface area contributed by atoms with Crippen molar-refractivity contribution < 1.29 is 31.1 Å². The van der Waals surface area contributed by atoms with Crippen LogP contribution in [0.2, 0.25) is 0 Å². The summed E-state index contributed by atoms with van der Waals surface area (Å²) in [4.78, 5) is 10.2. The average molecular weight is 256 g/mol. The number of hydrogen-bond donors (Lipinski definition) is 0. The van der Waals surface area contributed by atoms with Crippen molar-refractivity contribution in [1.82, 2.24) is 0 Å². The minimum atomic E-state index is -5.46. The zero-order chi connectivity index (χ0) is 13.3. The quantitative estimate of drug-likeness (QED) is 0.595. The Kier molecular flexibility index (Phi) is 3.49. The van der Waals surface area contributed by atoms with Crippen molar-refractivity contribution in [2.24, 2.45) is 0 Å². The Morgan fingerprint density at radius 3 is 1.82 bits per heavy atom. The molecular formula is C10H6F6O. The molecule has 0 aliphatic rings. The molecule has 0 saturated carbocycles. The summed E-state index contributed by atoms with van der Waals surface area (Å²) in [6.45, 7) is 0. The van der Waals surface area contributed by atoms with E-state index >= 15 is 0 Å². The van der Waals surface area contributed by atoms with E-state index in [4.69, 9.17) is 0 Å². The number of aldehydes is 1. The lowest BCUT2D eigenvalue weighted by Gasteiger charge is -2.25. The third-order valence-electron chi connectivity index (χ3n) is 2.10. The zero-order valence-electron chi connectivity index (χ0n) is 8.14. The number of halogens is 6. The highest BCUT2D eigenvalue weighted by Gasteiger charge is 2.63. The van der Waals surface area contributed by atoms with Gasteiger partial charge in [-0.2, -0.15) is 17.6 Å². The van der Waals surface area contributed by atoms with Crippen molar-refractivity contribution in [3.8, 4) is 0 Å². The van der Waals surface area contributed by atoms with Crippen LogP contribution in [0.5, 0.6) is 0 Å². The van der Waals surface area contributed by atoms with Gasteiger partial charge in [-0.05, 0) is 0 Å². The molecule has 0 saturated heterocycles. The van der Waals surface area contributed by atoms with Gasteiger partial charge >= 0.3 is 18.3 Å². The molecule has 0 amide bonds. The molecule has 0 unspecified atom stereocenters. The maximum atomic E-state index is 13.1. The van der Waals surface area contributed by atoms with Gasteiger partial charge in [0.05, 0.1) is 0 Å². The lowest BCUT2D eigenvalue weighted by molar-refractivity contribution is -0.270. The molecule has 0 N–H and O–H groups in total. The molecule has 7 heteroatoms. The molecule has 0 fully saturated rings. The predicted molar refractivity (Wildman–Crippen MR) is 46.7 cm³/mol. The van der Waals surface area contributed by atoms with Gasteiger partial charge in [-0.1, -0.05) is 24.3 Å². The van der Waals surface area contributed by atoms with Crippen LogP contribution in [0.1, 0.15) is 15.9 Å². The van der Waals surface area contributed by atoms with Crippen molar-refractivity contribution in [2.75, 3.05) is 0 Å². The topological polar surface area (TPSA) is 17.1 Å². The largest absolute Gasteiger partial charge is 0.373 e. The maximum absolute atomic E-state index is 13.1. The molecule has 0 spiro atoms. The van der Waals surface area contributed by atoms with Crippen LogP contribution < -0.4 is 0 Å². The summed E-state index contributed by atoms with van der Waals surface area (Å²) in [5.74, 6) is -10.5. The number of rotatable bonds is 4. The predicted octanol–water partition coefficient (Wildman–Crippen LogP) is 3.49. The van der Waals surface area contributed by atoms with Crippen LogP contribution >= 0.6 is 0 Å². The Labute approximate surface area is 92.0 Å². The van der Waals surface area contributed by atoms with Gasteiger partial charge < -0.3 is 0 Å². The smallest absolute Gasteiger partial charge is 0.298 e. The van der Waals surface area contributed by atoms with E-state index in [1.165, 1.54) is 0 Å². The van der Waals surface area contributed by atoms with Gasteiger partial charge in [-0.15, -0.1) is 0 Å². The first-order chi connectivity index (χ1) is 7.73. The highest BCUT2D eigenvalue weighted by molar-refractivity contribution is 5.74. The number of alkyl halides is 6. The third-order valence-corrected chi connectivity index (χ3v) is 2.10. The van der Waals surface area contributed by atoms with Crippen LogP contribution in [-0.4, -0.2) is 18.6 Å². The van der Waals surface area contributed by atoms with Gasteiger partial charge in [0, 0.05) is 11.1 Å². The summed E-state index contributed by atoms with van der Waals surface area (Å²) in [5, 5.41) is 0. The molecule has 94 valence electrons. The van der Waals surface area contributed by atoms with E-state index in [2.05, 4.69) is 0 Å². The second kappa shape index (κ2) is 4.38. The maximum Gasteiger partial charge on any atom is 0.373 e. The van der Waals surface area contributed by atoms with Gasteiger partial charge in [0.2, 0.25) is 0 Å². The summed E-state index contributed by atoms with van der Waals surface area (Å²) in [6.07, 6.45) is -4.17. The Balaban J connectivity index is 3.16. The van der Waals surface area contributed by atoms with E-state index in [9.17, 15) is 31.1 Å². The van der Waals surface area contributed by atoms with Gasteiger partial charge in [0.25, 0.3) is 0 Å². The van der Waals surface area contributed by atoms with Crippen LogP contribution in [-0.2, 0) is 5.92 Å². The van der Waals surface area contributed by atoms with Crippen LogP contribution in [0, 0.1) is 0 Å². The Morgan fingerprint density at radius 2 is 1.47 bits per heavy atom. The van der Waals surface area contributed by atoms with E-state index < -0.39 is 23.8 Å². The van der Waals surface area contributed by atoms with Crippen molar-refractivity contribution in [3.63, 3.8) is 0 Å². The molecule has 0 bridgehead atoms. The highest BCUT2D eigenvalue weighted by atomic mass is 19.3. The van der Waals surface area contributed by atoms with E-state index in [0.29, 0.717) is 18.4 Å². The first kappa shape index (κ1) is 13.5.